The smallest absolute Gasteiger partial charge is 0.309 e. The summed E-state index contributed by atoms with van der Waals surface area (Å²) in [5, 5.41) is 10.1. The van der Waals surface area contributed by atoms with Crippen LogP contribution >= 0.6 is 0 Å². The van der Waals surface area contributed by atoms with Crippen molar-refractivity contribution < 1.29 is 14.6 Å². The molecule has 1 unspecified atom stereocenters. The highest BCUT2D eigenvalue weighted by molar-refractivity contribution is 5.74. The van der Waals surface area contributed by atoms with E-state index in [0.29, 0.717) is 12.3 Å². The number of hydrogen-bond acceptors (Lipinski definition) is 3. The summed E-state index contributed by atoms with van der Waals surface area (Å²) in [5.74, 6) is 0.436. The van der Waals surface area contributed by atoms with Crippen LogP contribution in [0.5, 0.6) is 0 Å². The number of carbonyl (C=O) groups is 1. The van der Waals surface area contributed by atoms with Crippen molar-refractivity contribution in [3.05, 3.63) is 11.6 Å². The van der Waals surface area contributed by atoms with Crippen LogP contribution in [0.15, 0.2) is 11.6 Å². The molecule has 5 atom stereocenters. The van der Waals surface area contributed by atoms with Gasteiger partial charge in [-0.2, -0.15) is 0 Å². The molecule has 0 aromatic heterocycles. The summed E-state index contributed by atoms with van der Waals surface area (Å²) in [6.07, 6.45) is 5.34. The highest BCUT2D eigenvalue weighted by Crippen LogP contribution is 2.37. The van der Waals surface area contributed by atoms with E-state index in [1.807, 2.05) is 13.8 Å². The van der Waals surface area contributed by atoms with Crippen molar-refractivity contribution in [1.29, 1.82) is 0 Å². The van der Waals surface area contributed by atoms with Crippen LogP contribution in [0.25, 0.3) is 0 Å². The molecule has 3 heteroatoms. The van der Waals surface area contributed by atoms with Gasteiger partial charge in [-0.05, 0) is 38.5 Å². The van der Waals surface area contributed by atoms with Crippen LogP contribution < -0.4 is 0 Å². The lowest BCUT2D eigenvalue weighted by Gasteiger charge is -2.26. The molecule has 1 aliphatic carbocycles. The summed E-state index contributed by atoms with van der Waals surface area (Å²) in [6, 6.07) is 0. The van der Waals surface area contributed by atoms with Gasteiger partial charge in [0.15, 0.2) is 0 Å². The maximum Gasteiger partial charge on any atom is 0.309 e. The van der Waals surface area contributed by atoms with Gasteiger partial charge in [0.2, 0.25) is 0 Å². The zero-order chi connectivity index (χ0) is 13.3. The molecule has 1 fully saturated rings. The SMILES string of the molecule is C/C1=C\C[C@H](O)[C@@H](C)C[C@H]2OC(=O)[C@@H](C)C2CC1. The minimum Gasteiger partial charge on any atom is -0.462 e. The quantitative estimate of drug-likeness (QED) is 0.532. The van der Waals surface area contributed by atoms with E-state index >= 15 is 0 Å². The number of aliphatic hydroxyl groups excluding tert-OH is 1. The molecule has 1 aliphatic heterocycles. The Balaban J connectivity index is 2.17. The number of allylic oxidation sites excluding steroid dienone is 1. The maximum atomic E-state index is 11.7. The van der Waals surface area contributed by atoms with E-state index in [2.05, 4.69) is 13.0 Å². The molecular weight excluding hydrogens is 228 g/mol. The molecule has 1 saturated heterocycles. The lowest BCUT2D eigenvalue weighted by molar-refractivity contribution is -0.144. The van der Waals surface area contributed by atoms with Crippen molar-refractivity contribution in [2.24, 2.45) is 17.8 Å². The van der Waals surface area contributed by atoms with Crippen LogP contribution in [0.4, 0.5) is 0 Å². The van der Waals surface area contributed by atoms with Gasteiger partial charge in [-0.3, -0.25) is 4.79 Å². The number of esters is 1. The topological polar surface area (TPSA) is 46.5 Å². The summed E-state index contributed by atoms with van der Waals surface area (Å²) in [5.41, 5.74) is 1.31. The van der Waals surface area contributed by atoms with E-state index < -0.39 is 0 Å². The zero-order valence-corrected chi connectivity index (χ0v) is 11.6. The molecule has 0 aromatic rings. The van der Waals surface area contributed by atoms with E-state index in [1.54, 1.807) is 0 Å². The maximum absolute atomic E-state index is 11.7. The van der Waals surface area contributed by atoms with Crippen LogP contribution in [0.1, 0.15) is 46.5 Å². The number of carbonyl (C=O) groups excluding carboxylic acids is 1. The average Bonchev–Trinajstić information content (AvgIpc) is 2.59. The summed E-state index contributed by atoms with van der Waals surface area (Å²) in [4.78, 5) is 11.7. The fraction of sp³-hybridized carbons (Fsp3) is 0.800. The number of fused-ring (bicyclic) bond motifs is 1. The third-order valence-corrected chi connectivity index (χ3v) is 4.60. The number of rotatable bonds is 0. The largest absolute Gasteiger partial charge is 0.462 e. The van der Waals surface area contributed by atoms with E-state index in [4.69, 9.17) is 4.74 Å². The molecule has 18 heavy (non-hydrogen) atoms. The normalized spacial score (nSPS) is 44.8. The van der Waals surface area contributed by atoms with Crippen LogP contribution in [0.2, 0.25) is 0 Å². The van der Waals surface area contributed by atoms with Crippen LogP contribution in [-0.2, 0) is 9.53 Å². The van der Waals surface area contributed by atoms with E-state index in [9.17, 15) is 9.90 Å². The minimum atomic E-state index is -0.326. The fourth-order valence-electron chi connectivity index (χ4n) is 3.07. The Bertz CT molecular complexity index is 348. The molecule has 3 nitrogen and oxygen atoms in total. The molecule has 1 N–H and O–H groups in total. The predicted octanol–water partition coefficient (Wildman–Crippen LogP) is 2.68. The average molecular weight is 252 g/mol. The van der Waals surface area contributed by atoms with Gasteiger partial charge in [0.1, 0.15) is 6.10 Å². The van der Waals surface area contributed by atoms with Crippen LogP contribution in [0, 0.1) is 17.8 Å². The molecule has 102 valence electrons. The van der Waals surface area contributed by atoms with Gasteiger partial charge >= 0.3 is 5.97 Å². The van der Waals surface area contributed by atoms with Gasteiger partial charge in [0.25, 0.3) is 0 Å². The van der Waals surface area contributed by atoms with Gasteiger partial charge in [-0.25, -0.2) is 0 Å². The van der Waals surface area contributed by atoms with E-state index in [-0.39, 0.29) is 30.0 Å². The second-order valence-corrected chi connectivity index (χ2v) is 6.03. The summed E-state index contributed by atoms with van der Waals surface area (Å²) in [6.45, 7) is 6.12. The first-order chi connectivity index (χ1) is 8.49. The monoisotopic (exact) mass is 252 g/mol. The Kier molecular flexibility index (Phi) is 4.10. The molecule has 0 saturated carbocycles. The van der Waals surface area contributed by atoms with Gasteiger partial charge in [0.05, 0.1) is 12.0 Å². The Hall–Kier alpha value is -0.830. The lowest BCUT2D eigenvalue weighted by Crippen LogP contribution is -2.27. The Morgan fingerprint density at radius 3 is 2.83 bits per heavy atom. The number of ether oxygens (including phenoxy) is 1. The van der Waals surface area contributed by atoms with Gasteiger partial charge < -0.3 is 9.84 Å². The van der Waals surface area contributed by atoms with Crippen molar-refractivity contribution in [1.82, 2.24) is 0 Å². The highest BCUT2D eigenvalue weighted by Gasteiger charge is 2.42. The first-order valence-corrected chi connectivity index (χ1v) is 7.03. The molecular formula is C15H24O3. The van der Waals surface area contributed by atoms with Crippen molar-refractivity contribution in [2.75, 3.05) is 0 Å². The number of hydrogen-bond donors (Lipinski definition) is 1. The van der Waals surface area contributed by atoms with Crippen molar-refractivity contribution in [2.45, 2.75) is 58.7 Å². The molecule has 2 aliphatic rings. The molecule has 1 heterocycles. The molecule has 0 spiro atoms. The third kappa shape index (κ3) is 2.77. The zero-order valence-electron chi connectivity index (χ0n) is 11.6. The minimum absolute atomic E-state index is 0.00282. The van der Waals surface area contributed by atoms with Crippen molar-refractivity contribution in [3.8, 4) is 0 Å². The molecule has 0 amide bonds. The lowest BCUT2D eigenvalue weighted by atomic mass is 9.81. The Labute approximate surface area is 109 Å². The highest BCUT2D eigenvalue weighted by atomic mass is 16.6. The first kappa shape index (κ1) is 13.6. The van der Waals surface area contributed by atoms with E-state index in [1.165, 1.54) is 5.57 Å². The molecule has 0 radical (unpaired) electrons. The van der Waals surface area contributed by atoms with Gasteiger partial charge in [0, 0.05) is 5.92 Å². The standard InChI is InChI=1S/C15H24O3/c1-9-4-6-12-11(3)15(17)18-14(12)8-10(2)13(16)7-5-9/h5,10-14,16H,4,6-8H2,1-3H3/b9-5+/t10-,11-,12?,13-,14+/m0/s1. The molecule has 0 bridgehead atoms. The third-order valence-electron chi connectivity index (χ3n) is 4.60. The Morgan fingerprint density at radius 2 is 2.11 bits per heavy atom. The van der Waals surface area contributed by atoms with Crippen LogP contribution in [0.3, 0.4) is 0 Å². The summed E-state index contributed by atoms with van der Waals surface area (Å²) in [7, 11) is 0. The molecule has 0 aromatic carbocycles. The Morgan fingerprint density at radius 1 is 1.39 bits per heavy atom. The van der Waals surface area contributed by atoms with Crippen molar-refractivity contribution in [3.63, 3.8) is 0 Å². The second-order valence-electron chi connectivity index (χ2n) is 6.03. The number of aliphatic hydroxyl groups is 1. The summed E-state index contributed by atoms with van der Waals surface area (Å²) >= 11 is 0. The summed E-state index contributed by atoms with van der Waals surface area (Å²) < 4.78 is 5.49. The predicted molar refractivity (Wildman–Crippen MR) is 69.9 cm³/mol. The van der Waals surface area contributed by atoms with E-state index in [0.717, 1.165) is 19.3 Å². The first-order valence-electron chi connectivity index (χ1n) is 7.03. The van der Waals surface area contributed by atoms with Gasteiger partial charge in [-0.15, -0.1) is 0 Å². The van der Waals surface area contributed by atoms with Crippen LogP contribution in [-0.4, -0.2) is 23.3 Å². The van der Waals surface area contributed by atoms with Crippen molar-refractivity contribution >= 4 is 5.97 Å². The fourth-order valence-corrected chi connectivity index (χ4v) is 3.07. The second kappa shape index (κ2) is 5.43. The van der Waals surface area contributed by atoms with Gasteiger partial charge in [-0.1, -0.05) is 25.5 Å². The molecule has 2 rings (SSSR count).